The molecule has 4 nitrogen and oxygen atoms in total. The molecule has 0 radical (unpaired) electrons. The smallest absolute Gasteiger partial charge is 0.252 e. The van der Waals surface area contributed by atoms with E-state index < -0.39 is 6.10 Å². The number of pyridine rings is 1. The Morgan fingerprint density at radius 3 is 3.10 bits per heavy atom. The highest BCUT2D eigenvalue weighted by Gasteiger charge is 2.35. The summed E-state index contributed by atoms with van der Waals surface area (Å²) in [6, 6.07) is 3.55. The molecule has 3 aliphatic carbocycles. The van der Waals surface area contributed by atoms with Crippen molar-refractivity contribution in [2.75, 3.05) is 6.54 Å². The molecule has 1 heterocycles. The number of nitrogens with one attached hydrogen (secondary N) is 1. The number of allylic oxidation sites excluding steroid dienone is 6. The zero-order valence-electron chi connectivity index (χ0n) is 11.3. The Labute approximate surface area is 122 Å². The first-order valence-corrected chi connectivity index (χ1v) is 6.97. The fraction of sp³-hybridized carbons (Fsp3) is 0.176. The summed E-state index contributed by atoms with van der Waals surface area (Å²) >= 11 is 0. The molecule has 1 amide bonds. The van der Waals surface area contributed by atoms with Crippen LogP contribution in [-0.2, 0) is 4.79 Å². The number of carbonyl (C=O) groups excluding carboxylic acids is 1. The van der Waals surface area contributed by atoms with Crippen molar-refractivity contribution in [3.05, 3.63) is 76.2 Å². The standard InChI is InChI=1S/C17H14N2O2/c20-16(10-2-1-5-18-8-10)9-19-17(21)13-4-3-12-14-6-11(14)7-15(12)13/h1-5,7-8,16,20H,6,9H2,(H,19,21). The van der Waals surface area contributed by atoms with Gasteiger partial charge in [-0.15, -0.1) is 0 Å². The monoisotopic (exact) mass is 278 g/mol. The van der Waals surface area contributed by atoms with Crippen molar-refractivity contribution in [3.63, 3.8) is 0 Å². The van der Waals surface area contributed by atoms with Crippen LogP contribution in [0.15, 0.2) is 70.6 Å². The molecule has 2 N–H and O–H groups in total. The van der Waals surface area contributed by atoms with E-state index in [4.69, 9.17) is 0 Å². The number of hydrogen-bond donors (Lipinski definition) is 2. The highest BCUT2D eigenvalue weighted by molar-refractivity contribution is 6.01. The number of fused-ring (bicyclic) bond motifs is 2. The molecule has 0 aromatic carbocycles. The van der Waals surface area contributed by atoms with E-state index in [0.717, 1.165) is 12.0 Å². The van der Waals surface area contributed by atoms with Gasteiger partial charge in [-0.1, -0.05) is 12.1 Å². The van der Waals surface area contributed by atoms with Crippen molar-refractivity contribution < 1.29 is 9.90 Å². The Bertz CT molecular complexity index is 754. The summed E-state index contributed by atoms with van der Waals surface area (Å²) in [6.07, 6.45) is 9.54. The van der Waals surface area contributed by atoms with E-state index in [2.05, 4.69) is 16.4 Å². The second-order valence-electron chi connectivity index (χ2n) is 5.41. The van der Waals surface area contributed by atoms with Crippen LogP contribution in [0, 0.1) is 0 Å². The van der Waals surface area contributed by atoms with E-state index >= 15 is 0 Å². The van der Waals surface area contributed by atoms with Gasteiger partial charge in [0.05, 0.1) is 6.10 Å². The number of aliphatic hydroxyl groups excluding tert-OH is 1. The molecule has 1 atom stereocenters. The van der Waals surface area contributed by atoms with Gasteiger partial charge in [-0.3, -0.25) is 9.78 Å². The molecule has 0 aliphatic heterocycles. The minimum Gasteiger partial charge on any atom is -0.387 e. The largest absolute Gasteiger partial charge is 0.387 e. The Hall–Kier alpha value is -2.46. The van der Waals surface area contributed by atoms with Crippen LogP contribution in [0.25, 0.3) is 0 Å². The maximum Gasteiger partial charge on any atom is 0.252 e. The third kappa shape index (κ3) is 2.04. The van der Waals surface area contributed by atoms with E-state index in [0.29, 0.717) is 11.1 Å². The summed E-state index contributed by atoms with van der Waals surface area (Å²) < 4.78 is 0. The fourth-order valence-corrected chi connectivity index (χ4v) is 2.81. The average molecular weight is 278 g/mol. The number of nitrogens with zero attached hydrogens (tertiary/aromatic N) is 1. The lowest BCUT2D eigenvalue weighted by Gasteiger charge is -2.12. The van der Waals surface area contributed by atoms with E-state index in [1.165, 1.54) is 16.7 Å². The first-order chi connectivity index (χ1) is 10.2. The number of amides is 1. The van der Waals surface area contributed by atoms with Crippen LogP contribution in [0.5, 0.6) is 0 Å². The van der Waals surface area contributed by atoms with Crippen LogP contribution in [0.1, 0.15) is 18.1 Å². The highest BCUT2D eigenvalue weighted by Crippen LogP contribution is 2.51. The maximum atomic E-state index is 12.2. The summed E-state index contributed by atoms with van der Waals surface area (Å²) in [5.74, 6) is -0.141. The van der Waals surface area contributed by atoms with Gasteiger partial charge in [0.15, 0.2) is 0 Å². The van der Waals surface area contributed by atoms with Gasteiger partial charge < -0.3 is 10.4 Å². The number of aromatic nitrogens is 1. The second-order valence-corrected chi connectivity index (χ2v) is 5.41. The molecule has 0 bridgehead atoms. The van der Waals surface area contributed by atoms with Crippen molar-refractivity contribution >= 4 is 5.91 Å². The molecule has 1 unspecified atom stereocenters. The van der Waals surface area contributed by atoms with E-state index in [1.54, 1.807) is 24.5 Å². The number of hydrogen-bond acceptors (Lipinski definition) is 3. The number of rotatable bonds is 4. The van der Waals surface area contributed by atoms with E-state index in [1.807, 2.05) is 12.2 Å². The minimum atomic E-state index is -0.744. The quantitative estimate of drug-likeness (QED) is 0.882. The maximum absolute atomic E-state index is 12.2. The van der Waals surface area contributed by atoms with Crippen molar-refractivity contribution in [1.29, 1.82) is 0 Å². The van der Waals surface area contributed by atoms with Crippen LogP contribution in [0.3, 0.4) is 0 Å². The molecule has 21 heavy (non-hydrogen) atoms. The molecular weight excluding hydrogens is 264 g/mol. The molecular formula is C17H14N2O2. The third-order valence-electron chi connectivity index (χ3n) is 4.04. The van der Waals surface area contributed by atoms with Gasteiger partial charge in [-0.05, 0) is 46.9 Å². The highest BCUT2D eigenvalue weighted by atomic mass is 16.3. The minimum absolute atomic E-state index is 0.141. The lowest BCUT2D eigenvalue weighted by atomic mass is 10.1. The van der Waals surface area contributed by atoms with Gasteiger partial charge in [0, 0.05) is 30.1 Å². The fourth-order valence-electron chi connectivity index (χ4n) is 2.81. The molecule has 0 saturated heterocycles. The SMILES string of the molecule is O=C(NCC(O)c1cccnc1)C1=C2C=C3CC3=C2C=C1. The Morgan fingerprint density at radius 2 is 2.29 bits per heavy atom. The van der Waals surface area contributed by atoms with E-state index in [9.17, 15) is 9.90 Å². The molecule has 4 heteroatoms. The predicted octanol–water partition coefficient (Wildman–Crippen LogP) is 1.74. The van der Waals surface area contributed by atoms with E-state index in [-0.39, 0.29) is 12.5 Å². The van der Waals surface area contributed by atoms with Crippen LogP contribution in [0.4, 0.5) is 0 Å². The molecule has 1 aromatic rings. The average Bonchev–Trinajstić information content (AvgIpc) is 3.00. The van der Waals surface area contributed by atoms with Crippen molar-refractivity contribution in [2.45, 2.75) is 12.5 Å². The third-order valence-corrected chi connectivity index (χ3v) is 4.04. The first-order valence-electron chi connectivity index (χ1n) is 6.97. The predicted molar refractivity (Wildman–Crippen MR) is 78.1 cm³/mol. The van der Waals surface area contributed by atoms with Crippen LogP contribution in [0.2, 0.25) is 0 Å². The van der Waals surface area contributed by atoms with Gasteiger partial charge in [-0.2, -0.15) is 0 Å². The molecule has 104 valence electrons. The summed E-state index contributed by atoms with van der Waals surface area (Å²) in [5.41, 5.74) is 6.34. The Morgan fingerprint density at radius 1 is 1.38 bits per heavy atom. The Balaban J connectivity index is 1.44. The topological polar surface area (TPSA) is 62.2 Å². The zero-order chi connectivity index (χ0) is 14.4. The van der Waals surface area contributed by atoms with Crippen LogP contribution in [-0.4, -0.2) is 22.5 Å². The van der Waals surface area contributed by atoms with Crippen molar-refractivity contribution in [1.82, 2.24) is 10.3 Å². The number of aliphatic hydroxyl groups is 1. The van der Waals surface area contributed by atoms with Gasteiger partial charge in [0.1, 0.15) is 0 Å². The summed E-state index contributed by atoms with van der Waals surface area (Å²) in [5, 5.41) is 12.8. The van der Waals surface area contributed by atoms with Crippen molar-refractivity contribution in [3.8, 4) is 0 Å². The molecule has 3 aliphatic rings. The summed E-state index contributed by atoms with van der Waals surface area (Å²) in [6.45, 7) is 0.178. The summed E-state index contributed by atoms with van der Waals surface area (Å²) in [4.78, 5) is 16.2. The molecule has 4 rings (SSSR count). The molecule has 1 aromatic heterocycles. The van der Waals surface area contributed by atoms with Gasteiger partial charge in [-0.25, -0.2) is 0 Å². The lowest BCUT2D eigenvalue weighted by molar-refractivity contribution is -0.117. The zero-order valence-corrected chi connectivity index (χ0v) is 11.3. The summed E-state index contributed by atoms with van der Waals surface area (Å²) in [7, 11) is 0. The number of carbonyl (C=O) groups is 1. The first kappa shape index (κ1) is 12.3. The second kappa shape index (κ2) is 4.53. The van der Waals surface area contributed by atoms with Crippen LogP contribution < -0.4 is 5.32 Å². The van der Waals surface area contributed by atoms with Gasteiger partial charge in [0.2, 0.25) is 0 Å². The molecule has 1 fully saturated rings. The normalized spacial score (nSPS) is 19.4. The molecule has 0 spiro atoms. The lowest BCUT2D eigenvalue weighted by Crippen LogP contribution is -2.29. The van der Waals surface area contributed by atoms with Crippen LogP contribution >= 0.6 is 0 Å². The Kier molecular flexibility index (Phi) is 2.65. The van der Waals surface area contributed by atoms with Crippen molar-refractivity contribution in [2.24, 2.45) is 0 Å². The van der Waals surface area contributed by atoms with Gasteiger partial charge >= 0.3 is 0 Å². The molecule has 1 saturated carbocycles. The van der Waals surface area contributed by atoms with Gasteiger partial charge in [0.25, 0.3) is 5.91 Å².